The average Bonchev–Trinajstić information content (AvgIpc) is 2.22. The monoisotopic (exact) mass is 314 g/mol. The Balaban J connectivity index is 4.93. The lowest BCUT2D eigenvalue weighted by Gasteiger charge is -2.17. The number of carbonyl (C=O) groups excluding carboxylic acids is 1. The number of carbonyl (C=O) groups is 1. The van der Waals surface area contributed by atoms with E-state index >= 15 is 0 Å². The van der Waals surface area contributed by atoms with Gasteiger partial charge in [0.1, 0.15) is 0 Å². The molecule has 0 aromatic carbocycles. The van der Waals surface area contributed by atoms with E-state index in [4.69, 9.17) is 0 Å². The molecule has 4 nitrogen and oxygen atoms in total. The van der Waals surface area contributed by atoms with Crippen molar-refractivity contribution in [3.05, 3.63) is 12.2 Å². The Bertz CT molecular complexity index is 364. The fourth-order valence-electron chi connectivity index (χ4n) is 0.715. The summed E-state index contributed by atoms with van der Waals surface area (Å²) in [5, 5.41) is 0. The fourth-order valence-corrected chi connectivity index (χ4v) is 2.01. The Morgan fingerprint density at radius 3 is 1.68 bits per heavy atom. The summed E-state index contributed by atoms with van der Waals surface area (Å²) in [5.74, 6) is 0. The molecule has 0 spiro atoms. The highest BCUT2D eigenvalue weighted by atomic mass is 31.2. The Labute approximate surface area is 103 Å². The van der Waals surface area contributed by atoms with Crippen LogP contribution in [0.25, 0.3) is 0 Å². The SMILES string of the molecule is C/C=C/C(=O)P(=O)(OCC(F)(F)F)OCC(F)(F)F. The van der Waals surface area contributed by atoms with Gasteiger partial charge in [-0.1, -0.05) is 6.08 Å². The second-order valence-electron chi connectivity index (χ2n) is 3.11. The summed E-state index contributed by atoms with van der Waals surface area (Å²) in [6.45, 7) is -3.08. The summed E-state index contributed by atoms with van der Waals surface area (Å²) < 4.78 is 90.1. The van der Waals surface area contributed by atoms with Crippen molar-refractivity contribution in [1.29, 1.82) is 0 Å². The molecular weight excluding hydrogens is 305 g/mol. The van der Waals surface area contributed by atoms with Crippen LogP contribution in [-0.4, -0.2) is 31.1 Å². The summed E-state index contributed by atoms with van der Waals surface area (Å²) in [5.41, 5.74) is -1.59. The first-order valence-corrected chi connectivity index (χ1v) is 6.14. The van der Waals surface area contributed by atoms with E-state index in [0.717, 1.165) is 6.08 Å². The third kappa shape index (κ3) is 8.02. The van der Waals surface area contributed by atoms with Crippen LogP contribution < -0.4 is 0 Å². The zero-order chi connectivity index (χ0) is 15.3. The summed E-state index contributed by atoms with van der Waals surface area (Å²) in [7, 11) is -5.19. The smallest absolute Gasteiger partial charge is 0.293 e. The van der Waals surface area contributed by atoms with Crippen molar-refractivity contribution in [2.75, 3.05) is 13.2 Å². The number of alkyl halides is 6. The zero-order valence-electron chi connectivity index (χ0n) is 9.42. The van der Waals surface area contributed by atoms with Crippen LogP contribution in [0.2, 0.25) is 0 Å². The van der Waals surface area contributed by atoms with E-state index in [0.29, 0.717) is 6.08 Å². The number of rotatable bonds is 6. The van der Waals surface area contributed by atoms with Gasteiger partial charge >= 0.3 is 19.9 Å². The Morgan fingerprint density at radius 1 is 1.05 bits per heavy atom. The molecule has 112 valence electrons. The molecule has 0 aromatic rings. The maximum Gasteiger partial charge on any atom is 0.412 e. The molecule has 0 aliphatic carbocycles. The van der Waals surface area contributed by atoms with Crippen molar-refractivity contribution in [3.63, 3.8) is 0 Å². The van der Waals surface area contributed by atoms with Crippen molar-refractivity contribution in [1.82, 2.24) is 0 Å². The first-order valence-electron chi connectivity index (χ1n) is 4.59. The van der Waals surface area contributed by atoms with Crippen LogP contribution in [0, 0.1) is 0 Å². The predicted octanol–water partition coefficient (Wildman–Crippen LogP) is 3.44. The second-order valence-corrected chi connectivity index (χ2v) is 5.07. The molecular formula is C8H9F6O4P. The standard InChI is InChI=1S/C8H9F6O4P/c1-2-3-6(15)19(16,17-4-7(9,10)11)18-5-8(12,13)14/h2-3H,4-5H2,1H3/b3-2+. The molecule has 0 saturated carbocycles. The number of halogens is 6. The number of hydrogen-bond acceptors (Lipinski definition) is 4. The normalized spacial score (nSPS) is 14.1. The van der Waals surface area contributed by atoms with Gasteiger partial charge in [-0.2, -0.15) is 26.3 Å². The van der Waals surface area contributed by atoms with Gasteiger partial charge in [0.25, 0.3) is 5.52 Å². The van der Waals surface area contributed by atoms with Crippen LogP contribution >= 0.6 is 7.60 Å². The van der Waals surface area contributed by atoms with Crippen molar-refractivity contribution in [2.24, 2.45) is 0 Å². The van der Waals surface area contributed by atoms with E-state index < -0.39 is 38.7 Å². The lowest BCUT2D eigenvalue weighted by atomic mass is 10.6. The van der Waals surface area contributed by atoms with Gasteiger partial charge in [-0.25, -0.2) is 0 Å². The Hall–Kier alpha value is -0.860. The lowest BCUT2D eigenvalue weighted by Crippen LogP contribution is -2.21. The Kier molecular flexibility index (Phi) is 6.24. The average molecular weight is 314 g/mol. The van der Waals surface area contributed by atoms with Gasteiger partial charge in [0.2, 0.25) is 0 Å². The minimum atomic E-state index is -5.19. The van der Waals surface area contributed by atoms with E-state index in [1.54, 1.807) is 0 Å². The molecule has 0 aromatic heterocycles. The van der Waals surface area contributed by atoms with Crippen LogP contribution in [0.1, 0.15) is 6.92 Å². The highest BCUT2D eigenvalue weighted by Crippen LogP contribution is 2.51. The molecule has 0 radical (unpaired) electrons. The van der Waals surface area contributed by atoms with Crippen molar-refractivity contribution < 1.29 is 44.7 Å². The van der Waals surface area contributed by atoms with Crippen molar-refractivity contribution in [3.8, 4) is 0 Å². The molecule has 0 aliphatic heterocycles. The van der Waals surface area contributed by atoms with E-state index in [9.17, 15) is 35.7 Å². The van der Waals surface area contributed by atoms with Gasteiger partial charge < -0.3 is 0 Å². The molecule has 19 heavy (non-hydrogen) atoms. The van der Waals surface area contributed by atoms with Gasteiger partial charge in [-0.05, 0) is 13.0 Å². The molecule has 0 unspecified atom stereocenters. The minimum Gasteiger partial charge on any atom is -0.293 e. The largest absolute Gasteiger partial charge is 0.412 e. The molecule has 0 saturated heterocycles. The van der Waals surface area contributed by atoms with E-state index in [1.165, 1.54) is 6.92 Å². The predicted molar refractivity (Wildman–Crippen MR) is 51.4 cm³/mol. The first-order chi connectivity index (χ1) is 8.40. The zero-order valence-corrected chi connectivity index (χ0v) is 10.3. The van der Waals surface area contributed by atoms with Crippen LogP contribution in [-0.2, 0) is 18.4 Å². The van der Waals surface area contributed by atoms with E-state index in [2.05, 4.69) is 9.05 Å². The first kappa shape index (κ1) is 18.1. The molecule has 0 amide bonds. The summed E-state index contributed by atoms with van der Waals surface area (Å²) >= 11 is 0. The molecule has 0 atom stereocenters. The summed E-state index contributed by atoms with van der Waals surface area (Å²) in [6.07, 6.45) is -8.45. The van der Waals surface area contributed by atoms with Crippen LogP contribution in [0.15, 0.2) is 12.2 Å². The van der Waals surface area contributed by atoms with Gasteiger partial charge in [0, 0.05) is 0 Å². The number of hydrogen-bond donors (Lipinski definition) is 0. The van der Waals surface area contributed by atoms with Crippen molar-refractivity contribution >= 4 is 13.1 Å². The quantitative estimate of drug-likeness (QED) is 0.428. The third-order valence-corrected chi connectivity index (χ3v) is 3.00. The van der Waals surface area contributed by atoms with E-state index in [1.807, 2.05) is 0 Å². The lowest BCUT2D eigenvalue weighted by molar-refractivity contribution is -0.165. The van der Waals surface area contributed by atoms with Gasteiger partial charge in [0.15, 0.2) is 13.2 Å². The highest BCUT2D eigenvalue weighted by Gasteiger charge is 2.42. The molecule has 0 N–H and O–H groups in total. The summed E-state index contributed by atoms with van der Waals surface area (Å²) in [6, 6.07) is 0. The fraction of sp³-hybridized carbons (Fsp3) is 0.625. The maximum absolute atomic E-state index is 11.9. The van der Waals surface area contributed by atoms with Crippen LogP contribution in [0.3, 0.4) is 0 Å². The molecule has 0 aliphatic rings. The van der Waals surface area contributed by atoms with Gasteiger partial charge in [0.05, 0.1) is 0 Å². The van der Waals surface area contributed by atoms with Gasteiger partial charge in [-0.3, -0.25) is 18.4 Å². The summed E-state index contributed by atoms with van der Waals surface area (Å²) in [4.78, 5) is 11.2. The van der Waals surface area contributed by atoms with E-state index in [-0.39, 0.29) is 0 Å². The maximum atomic E-state index is 11.9. The molecule has 0 fully saturated rings. The molecule has 0 bridgehead atoms. The molecule has 0 heterocycles. The minimum absolute atomic E-state index is 0.507. The van der Waals surface area contributed by atoms with Crippen LogP contribution in [0.5, 0.6) is 0 Å². The third-order valence-electron chi connectivity index (χ3n) is 1.38. The molecule has 0 rings (SSSR count). The topological polar surface area (TPSA) is 52.6 Å². The second kappa shape index (κ2) is 6.53. The Morgan fingerprint density at radius 2 is 1.42 bits per heavy atom. The molecule has 11 heteroatoms. The van der Waals surface area contributed by atoms with Crippen molar-refractivity contribution in [2.45, 2.75) is 19.3 Å². The van der Waals surface area contributed by atoms with Crippen LogP contribution in [0.4, 0.5) is 26.3 Å². The number of allylic oxidation sites excluding steroid dienone is 2. The van der Waals surface area contributed by atoms with Gasteiger partial charge in [-0.15, -0.1) is 0 Å². The highest BCUT2D eigenvalue weighted by molar-refractivity contribution is 7.72.